The van der Waals surface area contributed by atoms with Crippen molar-refractivity contribution in [2.24, 2.45) is 5.92 Å². The first-order chi connectivity index (χ1) is 13.2. The minimum Gasteiger partial charge on any atom is -0.379 e. The van der Waals surface area contributed by atoms with E-state index in [1.807, 2.05) is 0 Å². The Bertz CT molecular complexity index is 785. The van der Waals surface area contributed by atoms with Crippen molar-refractivity contribution in [2.45, 2.75) is 25.3 Å². The highest BCUT2D eigenvalue weighted by atomic mass is 19.1. The molecule has 0 aliphatic carbocycles. The Morgan fingerprint density at radius 1 is 1.19 bits per heavy atom. The predicted molar refractivity (Wildman–Crippen MR) is 99.7 cm³/mol. The number of carbonyl (C=O) groups is 1. The fraction of sp³-hybridized carbons (Fsp3) is 0.450. The number of nitrogens with one attached hydrogen (secondary N) is 1. The van der Waals surface area contributed by atoms with Crippen LogP contribution in [0.4, 0.5) is 10.1 Å². The monoisotopic (exact) mass is 370 g/mol. The van der Waals surface area contributed by atoms with E-state index in [0.29, 0.717) is 6.61 Å². The first-order valence-electron chi connectivity index (χ1n) is 9.40. The number of amides is 1. The van der Waals surface area contributed by atoms with Gasteiger partial charge in [0.15, 0.2) is 0 Å². The van der Waals surface area contributed by atoms with Gasteiger partial charge >= 0.3 is 0 Å². The third kappa shape index (κ3) is 4.08. The van der Waals surface area contributed by atoms with Crippen LogP contribution >= 0.6 is 0 Å². The molecule has 7 heteroatoms. The van der Waals surface area contributed by atoms with Gasteiger partial charge in [-0.3, -0.25) is 4.79 Å². The maximum Gasteiger partial charge on any atom is 0.223 e. The zero-order valence-electron chi connectivity index (χ0n) is 15.1. The smallest absolute Gasteiger partial charge is 0.223 e. The fourth-order valence-electron chi connectivity index (χ4n) is 3.73. The summed E-state index contributed by atoms with van der Waals surface area (Å²) in [5.41, 5.74) is 2.57. The van der Waals surface area contributed by atoms with Crippen LogP contribution in [0, 0.1) is 11.7 Å². The van der Waals surface area contributed by atoms with Crippen LogP contribution < -0.4 is 10.2 Å². The van der Waals surface area contributed by atoms with Crippen molar-refractivity contribution >= 4 is 11.6 Å². The maximum absolute atomic E-state index is 13.2. The summed E-state index contributed by atoms with van der Waals surface area (Å²) in [6.07, 6.45) is 5.77. The molecule has 2 fully saturated rings. The first kappa shape index (κ1) is 17.9. The molecule has 27 heavy (non-hydrogen) atoms. The maximum atomic E-state index is 13.2. The second kappa shape index (κ2) is 8.00. The molecule has 1 N–H and O–H groups in total. The van der Waals surface area contributed by atoms with Crippen molar-refractivity contribution in [3.63, 3.8) is 0 Å². The van der Waals surface area contributed by atoms with Crippen LogP contribution in [0.3, 0.4) is 0 Å². The summed E-state index contributed by atoms with van der Waals surface area (Å²) in [6.45, 7) is 2.87. The van der Waals surface area contributed by atoms with E-state index >= 15 is 0 Å². The summed E-state index contributed by atoms with van der Waals surface area (Å²) in [6, 6.07) is 6.48. The van der Waals surface area contributed by atoms with Crippen LogP contribution in [-0.4, -0.2) is 48.2 Å². The number of piperidine rings is 1. The quantitative estimate of drug-likeness (QED) is 0.895. The highest BCUT2D eigenvalue weighted by Crippen LogP contribution is 2.31. The lowest BCUT2D eigenvalue weighted by molar-refractivity contribution is -0.126. The Balaban J connectivity index is 1.42. The zero-order valence-corrected chi connectivity index (χ0v) is 15.1. The normalized spacial score (nSPS) is 20.6. The predicted octanol–water partition coefficient (Wildman–Crippen LogP) is 2.40. The number of carbonyl (C=O) groups excluding carboxylic acids is 1. The van der Waals surface area contributed by atoms with Crippen LogP contribution in [0.1, 0.15) is 19.3 Å². The number of anilines is 1. The van der Waals surface area contributed by atoms with Gasteiger partial charge in [-0.15, -0.1) is 0 Å². The molecule has 1 aromatic heterocycles. The molecule has 0 saturated carbocycles. The topological polar surface area (TPSA) is 67.3 Å². The summed E-state index contributed by atoms with van der Waals surface area (Å²) in [5.74, 6) is -0.109. The number of aromatic nitrogens is 2. The van der Waals surface area contributed by atoms with Gasteiger partial charge in [0.25, 0.3) is 0 Å². The zero-order chi connectivity index (χ0) is 18.6. The molecular weight excluding hydrogens is 347 g/mol. The fourth-order valence-corrected chi connectivity index (χ4v) is 3.73. The Morgan fingerprint density at radius 3 is 2.67 bits per heavy atom. The van der Waals surface area contributed by atoms with Crippen LogP contribution in [-0.2, 0) is 9.53 Å². The number of ether oxygens (including phenoxy) is 1. The summed E-state index contributed by atoms with van der Waals surface area (Å²) in [4.78, 5) is 23.3. The Hall–Kier alpha value is -2.54. The lowest BCUT2D eigenvalue weighted by Gasteiger charge is -2.34. The molecule has 2 aromatic rings. The van der Waals surface area contributed by atoms with E-state index < -0.39 is 0 Å². The number of nitrogens with zero attached hydrogens (tertiary/aromatic N) is 3. The van der Waals surface area contributed by atoms with E-state index in [4.69, 9.17) is 4.74 Å². The molecule has 0 spiro atoms. The van der Waals surface area contributed by atoms with E-state index in [-0.39, 0.29) is 23.7 Å². The highest BCUT2D eigenvalue weighted by Gasteiger charge is 2.28. The van der Waals surface area contributed by atoms with E-state index in [1.54, 1.807) is 18.3 Å². The minimum atomic E-state index is -0.270. The van der Waals surface area contributed by atoms with E-state index in [2.05, 4.69) is 20.2 Å². The Labute approximate surface area is 157 Å². The van der Waals surface area contributed by atoms with Gasteiger partial charge in [-0.2, -0.15) is 0 Å². The van der Waals surface area contributed by atoms with Gasteiger partial charge in [0, 0.05) is 31.2 Å². The third-order valence-corrected chi connectivity index (χ3v) is 5.29. The molecule has 1 atom stereocenters. The van der Waals surface area contributed by atoms with Crippen molar-refractivity contribution in [1.82, 2.24) is 15.3 Å². The van der Waals surface area contributed by atoms with Crippen LogP contribution in [0.25, 0.3) is 11.3 Å². The van der Waals surface area contributed by atoms with Gasteiger partial charge < -0.3 is 15.0 Å². The molecule has 2 saturated heterocycles. The van der Waals surface area contributed by atoms with Crippen molar-refractivity contribution in [3.05, 3.63) is 42.6 Å². The second-order valence-corrected chi connectivity index (χ2v) is 7.09. The van der Waals surface area contributed by atoms with Gasteiger partial charge in [0.05, 0.1) is 30.2 Å². The molecule has 3 heterocycles. The number of halogens is 1. The molecule has 1 aromatic carbocycles. The van der Waals surface area contributed by atoms with Crippen LogP contribution in [0.5, 0.6) is 0 Å². The van der Waals surface area contributed by atoms with Crippen molar-refractivity contribution < 1.29 is 13.9 Å². The molecule has 1 amide bonds. The number of hydrogen-bond donors (Lipinski definition) is 1. The molecule has 4 rings (SSSR count). The molecule has 2 aliphatic rings. The summed E-state index contributed by atoms with van der Waals surface area (Å²) in [7, 11) is 0. The summed E-state index contributed by atoms with van der Waals surface area (Å²) < 4.78 is 18.6. The summed E-state index contributed by atoms with van der Waals surface area (Å²) >= 11 is 0. The largest absolute Gasteiger partial charge is 0.379 e. The lowest BCUT2D eigenvalue weighted by atomic mass is 9.94. The molecular formula is C20H23FN4O2. The van der Waals surface area contributed by atoms with E-state index in [1.165, 1.54) is 18.5 Å². The van der Waals surface area contributed by atoms with Crippen molar-refractivity contribution in [1.29, 1.82) is 0 Å². The molecule has 2 aliphatic heterocycles. The SMILES string of the molecule is O=C(N[C@H]1CCOC1)C1CCN(c2cncnc2-c2ccc(F)cc2)CC1. The minimum absolute atomic E-state index is 0.0285. The first-order valence-corrected chi connectivity index (χ1v) is 9.40. The van der Waals surface area contributed by atoms with Gasteiger partial charge in [0.1, 0.15) is 12.1 Å². The summed E-state index contributed by atoms with van der Waals surface area (Å²) in [5, 5.41) is 3.10. The van der Waals surface area contributed by atoms with E-state index in [9.17, 15) is 9.18 Å². The Morgan fingerprint density at radius 2 is 1.96 bits per heavy atom. The second-order valence-electron chi connectivity index (χ2n) is 7.09. The molecule has 142 valence electrons. The standard InChI is InChI=1S/C20H23FN4O2/c21-16-3-1-14(2-4-16)19-18(11-22-13-23-19)25-8-5-15(6-9-25)20(26)24-17-7-10-27-12-17/h1-4,11,13,15,17H,5-10,12H2,(H,24,26)/t17-/m0/s1. The Kier molecular flexibility index (Phi) is 5.29. The number of benzene rings is 1. The van der Waals surface area contributed by atoms with E-state index in [0.717, 1.165) is 55.9 Å². The molecule has 0 radical (unpaired) electrons. The van der Waals surface area contributed by atoms with Gasteiger partial charge in [-0.25, -0.2) is 14.4 Å². The average Bonchev–Trinajstić information content (AvgIpc) is 3.22. The van der Waals surface area contributed by atoms with Gasteiger partial charge in [0.2, 0.25) is 5.91 Å². The van der Waals surface area contributed by atoms with Crippen molar-refractivity contribution in [3.8, 4) is 11.3 Å². The van der Waals surface area contributed by atoms with Crippen molar-refractivity contribution in [2.75, 3.05) is 31.2 Å². The van der Waals surface area contributed by atoms with Gasteiger partial charge in [-0.05, 0) is 43.5 Å². The average molecular weight is 370 g/mol. The van der Waals surface area contributed by atoms with Crippen LogP contribution in [0.2, 0.25) is 0 Å². The van der Waals surface area contributed by atoms with Crippen LogP contribution in [0.15, 0.2) is 36.8 Å². The molecule has 0 unspecified atom stereocenters. The third-order valence-electron chi connectivity index (χ3n) is 5.29. The lowest BCUT2D eigenvalue weighted by Crippen LogP contribution is -2.44. The molecule has 6 nitrogen and oxygen atoms in total. The number of rotatable bonds is 4. The van der Waals surface area contributed by atoms with Gasteiger partial charge in [-0.1, -0.05) is 0 Å². The number of hydrogen-bond acceptors (Lipinski definition) is 5. The highest BCUT2D eigenvalue weighted by molar-refractivity contribution is 5.80. The molecule has 0 bridgehead atoms.